The molecule has 0 aliphatic heterocycles. The van der Waals surface area contributed by atoms with Gasteiger partial charge in [0.25, 0.3) is 5.91 Å². The smallest absolute Gasteiger partial charge is 0.261 e. The Kier molecular flexibility index (Phi) is 10.2. The van der Waals surface area contributed by atoms with E-state index in [1.807, 2.05) is 68.4 Å². The minimum atomic E-state index is -0.838. The van der Waals surface area contributed by atoms with Gasteiger partial charge in [0.2, 0.25) is 5.91 Å². The average molecular weight is 505 g/mol. The standard InChI is InChI=1S/C31H37FN2O3/c1-5-23(4)33-31(36)29(19-24-11-7-6-8-12-24)34(20-26-13-9-10-14-28(26)32)30(35)21-37-27-17-15-25(16-18-27)22(2)3/h6-18,22-23,29H,5,19-21H2,1-4H3,(H,33,36)/t23-,29+/m0/s1. The van der Waals surface area contributed by atoms with Crippen LogP contribution in [0.2, 0.25) is 0 Å². The number of hydrogen-bond donors (Lipinski definition) is 1. The molecule has 0 bridgehead atoms. The maximum Gasteiger partial charge on any atom is 0.261 e. The van der Waals surface area contributed by atoms with Crippen molar-refractivity contribution in [3.8, 4) is 5.75 Å². The summed E-state index contributed by atoms with van der Waals surface area (Å²) in [6, 6.07) is 22.6. The summed E-state index contributed by atoms with van der Waals surface area (Å²) in [5.74, 6) is -0.145. The van der Waals surface area contributed by atoms with Crippen LogP contribution in [0, 0.1) is 5.82 Å². The molecule has 37 heavy (non-hydrogen) atoms. The second-order valence-corrected chi connectivity index (χ2v) is 9.65. The van der Waals surface area contributed by atoms with Crippen LogP contribution in [0.3, 0.4) is 0 Å². The second-order valence-electron chi connectivity index (χ2n) is 9.65. The van der Waals surface area contributed by atoms with Crippen LogP contribution in [0.4, 0.5) is 4.39 Å². The van der Waals surface area contributed by atoms with Gasteiger partial charge in [0, 0.05) is 24.6 Å². The van der Waals surface area contributed by atoms with Crippen LogP contribution in [0.5, 0.6) is 5.75 Å². The molecular weight excluding hydrogens is 467 g/mol. The summed E-state index contributed by atoms with van der Waals surface area (Å²) >= 11 is 0. The molecule has 0 heterocycles. The number of nitrogens with one attached hydrogen (secondary N) is 1. The highest BCUT2D eigenvalue weighted by Gasteiger charge is 2.31. The first-order valence-electron chi connectivity index (χ1n) is 12.9. The Hall–Kier alpha value is -3.67. The van der Waals surface area contributed by atoms with E-state index >= 15 is 0 Å². The third-order valence-electron chi connectivity index (χ3n) is 6.48. The molecule has 3 rings (SSSR count). The van der Waals surface area contributed by atoms with Gasteiger partial charge in [-0.25, -0.2) is 4.39 Å². The van der Waals surface area contributed by atoms with E-state index in [0.717, 1.165) is 12.0 Å². The van der Waals surface area contributed by atoms with Crippen LogP contribution in [-0.2, 0) is 22.6 Å². The lowest BCUT2D eigenvalue weighted by atomic mass is 10.0. The molecule has 5 nitrogen and oxygen atoms in total. The Balaban J connectivity index is 1.90. The lowest BCUT2D eigenvalue weighted by Crippen LogP contribution is -2.53. The molecule has 3 aromatic rings. The van der Waals surface area contributed by atoms with E-state index in [4.69, 9.17) is 4.74 Å². The van der Waals surface area contributed by atoms with E-state index in [0.29, 0.717) is 23.7 Å². The Labute approximate surface area is 219 Å². The van der Waals surface area contributed by atoms with E-state index in [-0.39, 0.29) is 25.1 Å². The molecule has 0 saturated heterocycles. The SMILES string of the molecule is CC[C@H](C)NC(=O)[C@@H](Cc1ccccc1)N(Cc1ccccc1F)C(=O)COc1ccc(C(C)C)cc1. The first-order valence-corrected chi connectivity index (χ1v) is 12.9. The van der Waals surface area contributed by atoms with Crippen molar-refractivity contribution >= 4 is 11.8 Å². The predicted octanol–water partition coefficient (Wildman–Crippen LogP) is 5.88. The maximum atomic E-state index is 14.7. The molecule has 196 valence electrons. The number of carbonyl (C=O) groups excluding carboxylic acids is 2. The van der Waals surface area contributed by atoms with Crippen molar-refractivity contribution in [2.45, 2.75) is 65.1 Å². The van der Waals surface area contributed by atoms with Crippen LogP contribution in [-0.4, -0.2) is 35.4 Å². The van der Waals surface area contributed by atoms with Crippen LogP contribution < -0.4 is 10.1 Å². The largest absolute Gasteiger partial charge is 0.484 e. The summed E-state index contributed by atoms with van der Waals surface area (Å²) in [4.78, 5) is 28.5. The minimum absolute atomic E-state index is 0.0490. The van der Waals surface area contributed by atoms with Gasteiger partial charge in [-0.1, -0.05) is 81.4 Å². The molecule has 0 fully saturated rings. The molecule has 6 heteroatoms. The highest BCUT2D eigenvalue weighted by Crippen LogP contribution is 2.20. The zero-order valence-corrected chi connectivity index (χ0v) is 22.1. The fourth-order valence-corrected chi connectivity index (χ4v) is 3.98. The molecule has 0 spiro atoms. The van der Waals surface area contributed by atoms with E-state index < -0.39 is 17.8 Å². The van der Waals surface area contributed by atoms with Gasteiger partial charge in [0.1, 0.15) is 17.6 Å². The van der Waals surface area contributed by atoms with Gasteiger partial charge < -0.3 is 15.0 Å². The normalized spacial score (nSPS) is 12.6. The molecule has 0 aliphatic carbocycles. The maximum absolute atomic E-state index is 14.7. The van der Waals surface area contributed by atoms with Gasteiger partial charge in [0.15, 0.2) is 6.61 Å². The molecule has 0 unspecified atom stereocenters. The molecule has 1 N–H and O–H groups in total. The molecule has 2 amide bonds. The predicted molar refractivity (Wildman–Crippen MR) is 145 cm³/mol. The summed E-state index contributed by atoms with van der Waals surface area (Å²) in [5, 5.41) is 3.01. The number of amides is 2. The van der Waals surface area contributed by atoms with Crippen LogP contribution in [0.25, 0.3) is 0 Å². The topological polar surface area (TPSA) is 58.6 Å². The number of carbonyl (C=O) groups is 2. The van der Waals surface area contributed by atoms with Crippen LogP contribution >= 0.6 is 0 Å². The number of hydrogen-bond acceptors (Lipinski definition) is 3. The van der Waals surface area contributed by atoms with Gasteiger partial charge in [-0.05, 0) is 48.6 Å². The van der Waals surface area contributed by atoms with Gasteiger partial charge in [0.05, 0.1) is 0 Å². The average Bonchev–Trinajstić information content (AvgIpc) is 2.90. The van der Waals surface area contributed by atoms with Gasteiger partial charge in [-0.3, -0.25) is 9.59 Å². The van der Waals surface area contributed by atoms with E-state index in [1.165, 1.54) is 16.5 Å². The Morgan fingerprint density at radius 1 is 0.919 bits per heavy atom. The van der Waals surface area contributed by atoms with Crippen molar-refractivity contribution in [1.29, 1.82) is 0 Å². The highest BCUT2D eigenvalue weighted by molar-refractivity contribution is 5.88. The summed E-state index contributed by atoms with van der Waals surface area (Å²) < 4.78 is 20.5. The third-order valence-corrected chi connectivity index (χ3v) is 6.48. The quantitative estimate of drug-likeness (QED) is 0.335. The van der Waals surface area contributed by atoms with Crippen molar-refractivity contribution in [2.75, 3.05) is 6.61 Å². The Morgan fingerprint density at radius 3 is 2.19 bits per heavy atom. The lowest BCUT2D eigenvalue weighted by molar-refractivity contribution is -0.143. The fourth-order valence-electron chi connectivity index (χ4n) is 3.98. The van der Waals surface area contributed by atoms with E-state index in [9.17, 15) is 14.0 Å². The number of rotatable bonds is 12. The van der Waals surface area contributed by atoms with Crippen molar-refractivity contribution in [1.82, 2.24) is 10.2 Å². The number of halogens is 1. The zero-order chi connectivity index (χ0) is 26.8. The summed E-state index contributed by atoms with van der Waals surface area (Å²) in [5.41, 5.74) is 2.42. The number of nitrogens with zero attached hydrogens (tertiary/aromatic N) is 1. The van der Waals surface area contributed by atoms with Crippen LogP contribution in [0.15, 0.2) is 78.9 Å². The van der Waals surface area contributed by atoms with Gasteiger partial charge in [-0.15, -0.1) is 0 Å². The van der Waals surface area contributed by atoms with Crippen molar-refractivity contribution in [3.05, 3.63) is 101 Å². The summed E-state index contributed by atoms with van der Waals surface area (Å²) in [6.07, 6.45) is 1.05. The molecule has 0 aliphatic rings. The van der Waals surface area contributed by atoms with Crippen molar-refractivity contribution in [2.24, 2.45) is 0 Å². The minimum Gasteiger partial charge on any atom is -0.484 e. The first-order chi connectivity index (χ1) is 17.8. The molecule has 2 atom stereocenters. The Morgan fingerprint density at radius 2 is 1.57 bits per heavy atom. The zero-order valence-electron chi connectivity index (χ0n) is 22.1. The summed E-state index contributed by atoms with van der Waals surface area (Å²) in [7, 11) is 0. The molecule has 0 radical (unpaired) electrons. The third kappa shape index (κ3) is 8.17. The van der Waals surface area contributed by atoms with E-state index in [2.05, 4.69) is 19.2 Å². The fraction of sp³-hybridized carbons (Fsp3) is 0.355. The molecule has 3 aromatic carbocycles. The Bertz CT molecular complexity index is 1150. The lowest BCUT2D eigenvalue weighted by Gasteiger charge is -2.32. The number of benzene rings is 3. The van der Waals surface area contributed by atoms with Crippen molar-refractivity contribution in [3.63, 3.8) is 0 Å². The van der Waals surface area contributed by atoms with E-state index in [1.54, 1.807) is 18.2 Å². The molecule has 0 saturated carbocycles. The number of ether oxygens (including phenoxy) is 1. The van der Waals surface area contributed by atoms with Crippen LogP contribution in [0.1, 0.15) is 56.7 Å². The van der Waals surface area contributed by atoms with Gasteiger partial charge >= 0.3 is 0 Å². The monoisotopic (exact) mass is 504 g/mol. The first kappa shape index (κ1) is 27.9. The second kappa shape index (κ2) is 13.6. The van der Waals surface area contributed by atoms with Gasteiger partial charge in [-0.2, -0.15) is 0 Å². The molecular formula is C31H37FN2O3. The summed E-state index contributed by atoms with van der Waals surface area (Å²) in [6.45, 7) is 7.81. The highest BCUT2D eigenvalue weighted by atomic mass is 19.1. The van der Waals surface area contributed by atoms with Crippen molar-refractivity contribution < 1.29 is 18.7 Å². The molecule has 0 aromatic heterocycles.